The molecule has 0 saturated carbocycles. The number of rotatable bonds is 22. The number of pyridine rings is 1. The maximum atomic E-state index is 14.5. The van der Waals surface area contributed by atoms with E-state index in [1.807, 2.05) is 126 Å². The molecule has 4 N–H and O–H groups in total. The van der Waals surface area contributed by atoms with Crippen molar-refractivity contribution in [2.45, 2.75) is 264 Å². The van der Waals surface area contributed by atoms with Gasteiger partial charge in [0.1, 0.15) is 11.4 Å². The van der Waals surface area contributed by atoms with Crippen LogP contribution in [0.1, 0.15) is 237 Å². The van der Waals surface area contributed by atoms with Gasteiger partial charge in [0, 0.05) is 198 Å². The van der Waals surface area contributed by atoms with Crippen molar-refractivity contribution in [3.63, 3.8) is 0 Å². The number of aliphatic imine (C=N–C) groups is 3. The summed E-state index contributed by atoms with van der Waals surface area (Å²) in [7, 11) is 3.61. The quantitative estimate of drug-likeness (QED) is 0.0491. The number of likely N-dealkylation sites (N-methyl/N-ethyl adjacent to an activating group) is 2. The Bertz CT molecular complexity index is 6140. The highest BCUT2D eigenvalue weighted by molar-refractivity contribution is 5.93. The summed E-state index contributed by atoms with van der Waals surface area (Å²) in [5, 5.41) is 12.3. The number of likely N-dealkylation sites (tertiary alicyclic amines) is 9. The Morgan fingerprint density at radius 1 is 0.403 bits per heavy atom. The van der Waals surface area contributed by atoms with Gasteiger partial charge < -0.3 is 74.6 Å². The number of aryl methyl sites for hydroxylation is 3. The Hall–Kier alpha value is -11.9. The second kappa shape index (κ2) is 44.9. The largest absolute Gasteiger partial charge is 0.437 e. The van der Waals surface area contributed by atoms with E-state index in [2.05, 4.69) is 126 Å². The Labute approximate surface area is 877 Å². The number of ether oxygens (including phenoxy) is 1. The van der Waals surface area contributed by atoms with Gasteiger partial charge in [-0.1, -0.05) is 66.7 Å². The smallest absolute Gasteiger partial charge is 0.413 e. The lowest BCUT2D eigenvalue weighted by molar-refractivity contribution is -0.143. The SMILES string of the molecule is CN[C@H](C)C(=O)N1CCC2(CCN(C(=O)[C@H](CC(=O)N3CCC(N4Cc5ccccc5CC4=O)CC3)Cc3cc(C)c4c(c3)C=NC4)C2)CC1.CN[C@H](C)C(=O)N1CCC2(CCN(C(=O)[C@H](CC(=O)N3CCC4(CC3)OC(=O)Nc3ncccc34)Cc3cc(C)c4c(c3)C=NC4)C2)CC1.Cc1cc(C[C@@H](CC(=O)N2CCC(N3Cc4ccccc4CC3=O)CC2)C(=O)N2CCC3(CCN(C4CCNCC4)CC3)C2)cc2c1CN=C2. The molecular formula is C118H153N19O12. The fraction of sp³-hybridized carbons (Fsp3) is 0.585. The number of nitrogens with zero attached hydrogens (tertiary/aromatic N) is 15. The van der Waals surface area contributed by atoms with E-state index in [1.165, 1.54) is 51.8 Å². The molecule has 11 amide bonds. The minimum absolute atomic E-state index is 0.00310. The third-order valence-electron chi connectivity index (χ3n) is 37.2. The summed E-state index contributed by atoms with van der Waals surface area (Å²) in [5.41, 5.74) is 18.8. The maximum absolute atomic E-state index is 14.5. The van der Waals surface area contributed by atoms with Crippen molar-refractivity contribution in [1.29, 1.82) is 0 Å². The van der Waals surface area contributed by atoms with Gasteiger partial charge in [0.05, 0.1) is 62.3 Å². The highest BCUT2D eigenvalue weighted by Gasteiger charge is 2.52. The minimum atomic E-state index is -0.823. The molecule has 0 unspecified atom stereocenters. The summed E-state index contributed by atoms with van der Waals surface area (Å²) in [6.45, 7) is 28.5. The van der Waals surface area contributed by atoms with Crippen molar-refractivity contribution in [2.75, 3.05) is 150 Å². The summed E-state index contributed by atoms with van der Waals surface area (Å²) in [6.07, 6.45) is 25.1. The number of amides is 11. The molecule has 0 aliphatic carbocycles. The second-order valence-electron chi connectivity index (χ2n) is 46.3. The molecule has 6 aromatic rings. The van der Waals surface area contributed by atoms with Crippen molar-refractivity contribution < 1.29 is 57.5 Å². The molecule has 1 aromatic heterocycles. The number of carbonyl (C=O) groups is 11. The number of piperidine rings is 7. The Balaban J connectivity index is 0.000000135. The summed E-state index contributed by atoms with van der Waals surface area (Å²) in [4.78, 5) is 190. The summed E-state index contributed by atoms with van der Waals surface area (Å²) >= 11 is 0. The monoisotopic (exact) mass is 2030 g/mol. The topological polar surface area (TPSA) is 331 Å². The number of nitrogens with one attached hydrogen (secondary N) is 4. The molecule has 5 atom stereocenters. The molecule has 22 rings (SSSR count). The fourth-order valence-corrected chi connectivity index (χ4v) is 27.6. The third kappa shape index (κ3) is 22.9. The van der Waals surface area contributed by atoms with Gasteiger partial charge >= 0.3 is 6.09 Å². The first-order chi connectivity index (χ1) is 72.0. The number of benzene rings is 5. The van der Waals surface area contributed by atoms with Gasteiger partial charge in [0.25, 0.3) is 0 Å². The van der Waals surface area contributed by atoms with E-state index in [0.717, 1.165) is 198 Å². The van der Waals surface area contributed by atoms with Crippen molar-refractivity contribution in [1.82, 2.24) is 74.8 Å². The van der Waals surface area contributed by atoms with Crippen molar-refractivity contribution >= 4 is 89.6 Å². The lowest BCUT2D eigenvalue weighted by Crippen LogP contribution is -2.51. The molecule has 4 spiro atoms. The van der Waals surface area contributed by atoms with Crippen LogP contribution in [0.5, 0.6) is 0 Å². The van der Waals surface area contributed by atoms with Crippen LogP contribution in [-0.4, -0.2) is 318 Å². The van der Waals surface area contributed by atoms with Gasteiger partial charge in [-0.25, -0.2) is 9.78 Å². The summed E-state index contributed by atoms with van der Waals surface area (Å²) in [6, 6.07) is 33.7. The van der Waals surface area contributed by atoms with E-state index in [-0.39, 0.29) is 125 Å². The van der Waals surface area contributed by atoms with Crippen molar-refractivity contribution in [2.24, 2.45) is 49.0 Å². The predicted molar refractivity (Wildman–Crippen MR) is 572 cm³/mol. The van der Waals surface area contributed by atoms with Gasteiger partial charge in [0.2, 0.25) is 59.1 Å². The molecule has 0 bridgehead atoms. The van der Waals surface area contributed by atoms with Gasteiger partial charge in [-0.15, -0.1) is 0 Å². The van der Waals surface area contributed by atoms with E-state index >= 15 is 0 Å². The molecule has 792 valence electrons. The average molecular weight is 2030 g/mol. The average Bonchev–Trinajstić information content (AvgIpc) is 1.67. The third-order valence-corrected chi connectivity index (χ3v) is 37.2. The van der Waals surface area contributed by atoms with Crippen LogP contribution < -0.4 is 21.3 Å². The van der Waals surface area contributed by atoms with E-state index in [1.54, 1.807) is 13.2 Å². The molecule has 17 heterocycles. The zero-order valence-corrected chi connectivity index (χ0v) is 88.6. The Kier molecular flexibility index (Phi) is 31.4. The fourth-order valence-electron chi connectivity index (χ4n) is 27.6. The van der Waals surface area contributed by atoms with E-state index in [9.17, 15) is 52.7 Å². The van der Waals surface area contributed by atoms with E-state index < -0.39 is 23.5 Å². The van der Waals surface area contributed by atoms with Crippen molar-refractivity contribution in [3.05, 3.63) is 198 Å². The van der Waals surface area contributed by atoms with Crippen molar-refractivity contribution in [3.8, 4) is 0 Å². The van der Waals surface area contributed by atoms with Gasteiger partial charge in [-0.2, -0.15) is 0 Å². The molecule has 16 aliphatic rings. The van der Waals surface area contributed by atoms with Crippen LogP contribution >= 0.6 is 0 Å². The second-order valence-corrected chi connectivity index (χ2v) is 46.3. The van der Waals surface area contributed by atoms with E-state index in [4.69, 9.17) is 4.74 Å². The van der Waals surface area contributed by atoms with Crippen LogP contribution in [0.2, 0.25) is 0 Å². The van der Waals surface area contributed by atoms with Gasteiger partial charge in [0.15, 0.2) is 0 Å². The number of aromatic nitrogens is 1. The standard InChI is InChI=1S/C41H54N6O3.C40H52N6O4.C37H47N7O5/c1-29-20-30(22-34-25-43-26-37(29)34)21-33(40(50)46-19-12-41(28-46)10-17-44(18-11-41)35-6-13-42-14-7-35)24-38(48)45-15-8-36(9-16-45)47-27-32-5-3-2-4-31(32)23-39(47)49;1-27-18-29(20-33-23-42-24-35(27)33)19-32(39(50)45-17-12-40(26-45)10-15-44(16-11-40)38(49)28(2)41-3)22-36(47)43-13-8-34(9-14-43)46-25-31-7-5-4-6-30(31)21-37(46)48;1-24-17-26(19-28-21-39-22-29(24)28)18-27(34(47)44-14-8-36(23-44)6-12-43(13-7-36)33(46)25(2)38-3)20-31(45)42-15-9-37(10-16-42)30-5-4-11-40-32(30)41-35(48)49-37/h2-5,20,22,25,33,35-36,42H,6-19,21,23-24,26-28H2,1H3;4-7,18,20,23,28,32,34,41H,8-17,19,21-22,24-26H2,1-3H3;4-5,11,17,19,21,25,27,38H,6-10,12-16,18,20,22-23H2,1-3H3,(H,40,41,48)/t33-;28-,32+;25-,27+/m011/s1. The number of hydrogen-bond donors (Lipinski definition) is 4. The number of anilines is 1. The van der Waals surface area contributed by atoms with Gasteiger partial charge in [-0.3, -0.25) is 68.2 Å². The number of fused-ring (bicyclic) bond motifs is 7. The highest BCUT2D eigenvalue weighted by Crippen LogP contribution is 2.48. The first-order valence-electron chi connectivity index (χ1n) is 55.7. The predicted octanol–water partition coefficient (Wildman–Crippen LogP) is 11.0. The molecule has 10 saturated heterocycles. The molecule has 0 radical (unpaired) electrons. The van der Waals surface area contributed by atoms with Crippen LogP contribution in [0.4, 0.5) is 10.6 Å². The Morgan fingerprint density at radius 2 is 0.752 bits per heavy atom. The number of carbonyl (C=O) groups excluding carboxylic acids is 11. The summed E-state index contributed by atoms with van der Waals surface area (Å²) < 4.78 is 5.85. The zero-order valence-electron chi connectivity index (χ0n) is 88.6. The Morgan fingerprint density at radius 3 is 1.13 bits per heavy atom. The molecule has 5 aromatic carbocycles. The summed E-state index contributed by atoms with van der Waals surface area (Å²) in [5.74, 6) is 0.0587. The van der Waals surface area contributed by atoms with Crippen LogP contribution in [0.15, 0.2) is 118 Å². The lowest BCUT2D eigenvalue weighted by Gasteiger charge is -2.44. The zero-order chi connectivity index (χ0) is 104. The van der Waals surface area contributed by atoms with Crippen LogP contribution in [0.3, 0.4) is 0 Å². The first kappa shape index (κ1) is 104. The highest BCUT2D eigenvalue weighted by atomic mass is 16.6. The normalized spacial score (nSPS) is 22.1. The molecule has 31 heteroatoms. The molecule has 10 fully saturated rings. The molecule has 149 heavy (non-hydrogen) atoms. The van der Waals surface area contributed by atoms with Crippen LogP contribution in [-0.2, 0) is 123 Å². The van der Waals surface area contributed by atoms with Gasteiger partial charge in [-0.05, 0) is 326 Å². The molecule has 31 nitrogen and oxygen atoms in total. The minimum Gasteiger partial charge on any atom is -0.437 e. The molecule has 16 aliphatic heterocycles. The van der Waals surface area contributed by atoms with Crippen LogP contribution in [0, 0.1) is 54.8 Å². The molecular weight excluding hydrogens is 1880 g/mol. The maximum Gasteiger partial charge on any atom is 0.413 e. The van der Waals surface area contributed by atoms with Crippen LogP contribution in [0.25, 0.3) is 0 Å². The first-order valence-corrected chi connectivity index (χ1v) is 55.7. The lowest BCUT2D eigenvalue weighted by atomic mass is 9.77. The number of hydrogen-bond acceptors (Lipinski definition) is 20. The van der Waals surface area contributed by atoms with E-state index in [0.29, 0.717) is 162 Å².